The van der Waals surface area contributed by atoms with Gasteiger partial charge in [-0.25, -0.2) is 0 Å². The molecule has 2 heterocycles. The van der Waals surface area contributed by atoms with Gasteiger partial charge in [-0.05, 0) is 25.7 Å². The van der Waals surface area contributed by atoms with Crippen molar-refractivity contribution >= 4 is 21.8 Å². The van der Waals surface area contributed by atoms with E-state index in [0.29, 0.717) is 17.9 Å². The van der Waals surface area contributed by atoms with E-state index >= 15 is 0 Å². The molecule has 1 amide bonds. The van der Waals surface area contributed by atoms with Gasteiger partial charge in [0.2, 0.25) is 5.91 Å². The first-order valence-corrected chi connectivity index (χ1v) is 5.81. The minimum atomic E-state index is 0.369. The van der Waals surface area contributed by atoms with Gasteiger partial charge in [-0.1, -0.05) is 15.9 Å². The van der Waals surface area contributed by atoms with E-state index in [-0.39, 0.29) is 0 Å². The molecule has 0 radical (unpaired) electrons. The number of hydrogen-bond acceptors (Lipinski definition) is 1. The highest BCUT2D eigenvalue weighted by atomic mass is 79.9. The van der Waals surface area contributed by atoms with Gasteiger partial charge in [0.25, 0.3) is 0 Å². The van der Waals surface area contributed by atoms with Gasteiger partial charge in [-0.2, -0.15) is 0 Å². The Balaban J connectivity index is 2.07. The van der Waals surface area contributed by atoms with E-state index in [2.05, 4.69) is 20.8 Å². The predicted octanol–water partition coefficient (Wildman–Crippen LogP) is 1.78. The van der Waals surface area contributed by atoms with E-state index in [1.54, 1.807) is 0 Å². The van der Waals surface area contributed by atoms with Crippen molar-refractivity contribution < 1.29 is 4.79 Å². The molecule has 0 spiro atoms. The summed E-state index contributed by atoms with van der Waals surface area (Å²) >= 11 is 3.39. The number of carbonyl (C=O) groups is 1. The Bertz CT molecular complexity index is 187. The molecule has 2 aliphatic heterocycles. The summed E-state index contributed by atoms with van der Waals surface area (Å²) < 4.78 is 0. The van der Waals surface area contributed by atoms with Crippen LogP contribution in [0.3, 0.4) is 0 Å². The number of nitrogens with zero attached hydrogens (tertiary/aromatic N) is 1. The molecule has 0 aromatic carbocycles. The number of alkyl halides is 1. The Kier molecular flexibility index (Phi) is 2.40. The fraction of sp³-hybridized carbons (Fsp3) is 0.889. The van der Waals surface area contributed by atoms with Crippen LogP contribution in [-0.2, 0) is 4.79 Å². The van der Waals surface area contributed by atoms with Crippen molar-refractivity contribution in [3.63, 3.8) is 0 Å². The normalized spacial score (nSPS) is 34.4. The molecule has 68 valence electrons. The smallest absolute Gasteiger partial charge is 0.225 e. The van der Waals surface area contributed by atoms with Crippen molar-refractivity contribution in [1.82, 2.24) is 4.90 Å². The van der Waals surface area contributed by atoms with E-state index < -0.39 is 0 Å². The van der Waals surface area contributed by atoms with Crippen molar-refractivity contribution in [2.75, 3.05) is 11.9 Å². The Hall–Kier alpha value is -0.0500. The van der Waals surface area contributed by atoms with Gasteiger partial charge < -0.3 is 4.90 Å². The largest absolute Gasteiger partial charge is 0.339 e. The highest BCUT2D eigenvalue weighted by Gasteiger charge is 2.39. The van der Waals surface area contributed by atoms with Crippen LogP contribution in [0.15, 0.2) is 0 Å². The lowest BCUT2D eigenvalue weighted by molar-refractivity contribution is -0.146. The zero-order valence-corrected chi connectivity index (χ0v) is 8.72. The van der Waals surface area contributed by atoms with E-state index in [0.717, 1.165) is 24.7 Å². The number of amides is 1. The van der Waals surface area contributed by atoms with Crippen molar-refractivity contribution in [2.45, 2.75) is 31.7 Å². The summed E-state index contributed by atoms with van der Waals surface area (Å²) in [6.45, 7) is 0.903. The predicted molar refractivity (Wildman–Crippen MR) is 51.3 cm³/mol. The number of halogens is 1. The molecule has 3 aliphatic rings. The van der Waals surface area contributed by atoms with Crippen molar-refractivity contribution in [1.29, 1.82) is 0 Å². The first kappa shape index (κ1) is 8.54. The second-order valence-corrected chi connectivity index (χ2v) is 4.52. The fourth-order valence-electron chi connectivity index (χ4n) is 2.43. The molecule has 3 rings (SSSR count). The van der Waals surface area contributed by atoms with Gasteiger partial charge in [0.1, 0.15) is 0 Å². The molecule has 12 heavy (non-hydrogen) atoms. The van der Waals surface area contributed by atoms with Crippen molar-refractivity contribution in [3.8, 4) is 0 Å². The molecule has 1 aliphatic carbocycles. The van der Waals surface area contributed by atoms with E-state index in [1.165, 1.54) is 12.8 Å². The van der Waals surface area contributed by atoms with Crippen LogP contribution in [0.2, 0.25) is 0 Å². The van der Waals surface area contributed by atoms with Gasteiger partial charge in [-0.15, -0.1) is 0 Å². The highest BCUT2D eigenvalue weighted by molar-refractivity contribution is 9.09. The average Bonchev–Trinajstić information content (AvgIpc) is 2.12. The van der Waals surface area contributed by atoms with Gasteiger partial charge in [-0.3, -0.25) is 4.79 Å². The summed E-state index contributed by atoms with van der Waals surface area (Å²) in [5, 5.41) is 0.919. The molecule has 3 heteroatoms. The zero-order chi connectivity index (χ0) is 8.55. The number of hydrogen-bond donors (Lipinski definition) is 0. The van der Waals surface area contributed by atoms with Crippen LogP contribution in [0.4, 0.5) is 0 Å². The Labute approximate surface area is 81.4 Å². The Morgan fingerprint density at radius 3 is 2.50 bits per heavy atom. The molecular weight excluding hydrogens is 218 g/mol. The van der Waals surface area contributed by atoms with E-state index in [4.69, 9.17) is 0 Å². The third-order valence-electron chi connectivity index (χ3n) is 3.10. The summed E-state index contributed by atoms with van der Waals surface area (Å²) in [7, 11) is 0. The third kappa shape index (κ3) is 1.28. The van der Waals surface area contributed by atoms with Crippen LogP contribution in [-0.4, -0.2) is 28.7 Å². The standard InChI is InChI=1S/C9H14BrNO/c10-5-6-11-8-3-1-7(2-4-8)9(11)12/h7-8H,1-6H2. The summed E-state index contributed by atoms with van der Waals surface area (Å²) in [6.07, 6.45) is 4.76. The molecular formula is C9H14BrNO. The molecule has 0 aromatic heterocycles. The maximum atomic E-state index is 11.7. The molecule has 0 aromatic rings. The highest BCUT2D eigenvalue weighted by Crippen LogP contribution is 2.35. The van der Waals surface area contributed by atoms with Crippen molar-refractivity contribution in [2.24, 2.45) is 5.92 Å². The first-order chi connectivity index (χ1) is 5.83. The quantitative estimate of drug-likeness (QED) is 0.664. The minimum Gasteiger partial charge on any atom is -0.339 e. The molecule has 2 nitrogen and oxygen atoms in total. The SMILES string of the molecule is O=C1C2CCC(CC2)N1CCBr. The van der Waals surface area contributed by atoms with Gasteiger partial charge >= 0.3 is 0 Å². The molecule has 2 saturated heterocycles. The third-order valence-corrected chi connectivity index (χ3v) is 3.45. The van der Waals surface area contributed by atoms with Crippen molar-refractivity contribution in [3.05, 3.63) is 0 Å². The van der Waals surface area contributed by atoms with Crippen LogP contribution >= 0.6 is 15.9 Å². The summed E-state index contributed by atoms with van der Waals surface area (Å²) in [4.78, 5) is 13.8. The topological polar surface area (TPSA) is 20.3 Å². The maximum Gasteiger partial charge on any atom is 0.225 e. The minimum absolute atomic E-state index is 0.369. The molecule has 0 N–H and O–H groups in total. The Morgan fingerprint density at radius 2 is 2.00 bits per heavy atom. The lowest BCUT2D eigenvalue weighted by atomic mass is 9.79. The maximum absolute atomic E-state index is 11.7. The monoisotopic (exact) mass is 231 g/mol. The summed E-state index contributed by atoms with van der Waals surface area (Å²) in [6, 6.07) is 0.569. The van der Waals surface area contributed by atoms with Gasteiger partial charge in [0, 0.05) is 23.8 Å². The first-order valence-electron chi connectivity index (χ1n) is 4.69. The second kappa shape index (κ2) is 3.36. The van der Waals surface area contributed by atoms with Crippen LogP contribution in [0, 0.1) is 5.92 Å². The van der Waals surface area contributed by atoms with Crippen LogP contribution in [0.1, 0.15) is 25.7 Å². The second-order valence-electron chi connectivity index (χ2n) is 3.73. The molecule has 3 fully saturated rings. The van der Waals surface area contributed by atoms with Crippen LogP contribution in [0.25, 0.3) is 0 Å². The number of rotatable bonds is 2. The summed E-state index contributed by atoms with van der Waals surface area (Å²) in [5.74, 6) is 0.783. The lowest BCUT2D eigenvalue weighted by Crippen LogP contribution is -2.52. The summed E-state index contributed by atoms with van der Waals surface area (Å²) in [5.41, 5.74) is 0. The van der Waals surface area contributed by atoms with Gasteiger partial charge in [0.05, 0.1) is 0 Å². The number of fused-ring (bicyclic) bond motifs is 3. The lowest BCUT2D eigenvalue weighted by Gasteiger charge is -2.44. The molecule has 0 unspecified atom stereocenters. The van der Waals surface area contributed by atoms with Crippen LogP contribution < -0.4 is 0 Å². The zero-order valence-electron chi connectivity index (χ0n) is 7.13. The molecule has 2 bridgehead atoms. The Morgan fingerprint density at radius 1 is 1.33 bits per heavy atom. The average molecular weight is 232 g/mol. The van der Waals surface area contributed by atoms with E-state index in [9.17, 15) is 4.79 Å². The molecule has 0 atom stereocenters. The van der Waals surface area contributed by atoms with Gasteiger partial charge in [0.15, 0.2) is 0 Å². The number of carbonyl (C=O) groups excluding carboxylic acids is 1. The number of piperidine rings is 2. The van der Waals surface area contributed by atoms with Crippen LogP contribution in [0.5, 0.6) is 0 Å². The van der Waals surface area contributed by atoms with E-state index in [1.807, 2.05) is 0 Å². The molecule has 1 saturated carbocycles. The fourth-order valence-corrected chi connectivity index (χ4v) is 2.81.